The number of thiazole rings is 1. The van der Waals surface area contributed by atoms with Crippen molar-refractivity contribution in [1.82, 2.24) is 15.0 Å². The zero-order valence-electron chi connectivity index (χ0n) is 17.9. The van der Waals surface area contributed by atoms with Crippen molar-refractivity contribution in [1.29, 1.82) is 0 Å². The molecule has 1 aliphatic rings. The first kappa shape index (κ1) is 22.3. The summed E-state index contributed by atoms with van der Waals surface area (Å²) in [5.74, 6) is 0.0545. The van der Waals surface area contributed by atoms with E-state index in [1.54, 1.807) is 18.3 Å². The minimum Gasteiger partial charge on any atom is -0.458 e. The Kier molecular flexibility index (Phi) is 5.74. The maximum atomic E-state index is 12.1. The molecule has 1 aliphatic carbocycles. The smallest absolute Gasteiger partial charge is 0.311 e. The predicted octanol–water partition coefficient (Wildman–Crippen LogP) is 3.18. The highest BCUT2D eigenvalue weighted by Gasteiger charge is 2.26. The predicted molar refractivity (Wildman–Crippen MR) is 121 cm³/mol. The standard InChI is InChI=1S/C21H23N5O4S2/c1-21(2,3)19(27)30-11-16-25-15-8-7-12-10-23-20(26-17(12)18(15)31-16)24-13-5-4-6-14(9-13)32(22,28)29/h4-6,9-10H,7-8,11H2,1-3H3,(H2,22,28,29)(H,23,24,26). The van der Waals surface area contributed by atoms with Crippen LogP contribution in [-0.4, -0.2) is 29.3 Å². The summed E-state index contributed by atoms with van der Waals surface area (Å²) < 4.78 is 28.6. The van der Waals surface area contributed by atoms with Crippen LogP contribution >= 0.6 is 11.3 Å². The molecule has 3 N–H and O–H groups in total. The first-order chi connectivity index (χ1) is 15.0. The minimum atomic E-state index is -3.81. The molecule has 0 radical (unpaired) electrons. The molecule has 4 rings (SSSR count). The number of aromatic nitrogens is 3. The summed E-state index contributed by atoms with van der Waals surface area (Å²) in [4.78, 5) is 26.6. The number of rotatable bonds is 5. The van der Waals surface area contributed by atoms with Crippen molar-refractivity contribution in [3.05, 3.63) is 46.7 Å². The van der Waals surface area contributed by atoms with Gasteiger partial charge in [-0.05, 0) is 57.4 Å². The monoisotopic (exact) mass is 473 g/mol. The number of anilines is 2. The van der Waals surface area contributed by atoms with Gasteiger partial charge in [-0.3, -0.25) is 4.79 Å². The zero-order chi connectivity index (χ0) is 23.1. The summed E-state index contributed by atoms with van der Waals surface area (Å²) >= 11 is 1.45. The van der Waals surface area contributed by atoms with Crippen molar-refractivity contribution in [2.24, 2.45) is 10.6 Å². The van der Waals surface area contributed by atoms with Crippen molar-refractivity contribution in [2.75, 3.05) is 5.32 Å². The van der Waals surface area contributed by atoms with E-state index in [0.717, 1.165) is 39.7 Å². The van der Waals surface area contributed by atoms with E-state index in [1.165, 1.54) is 23.5 Å². The van der Waals surface area contributed by atoms with E-state index in [0.29, 0.717) is 11.6 Å². The molecule has 3 aromatic rings. The summed E-state index contributed by atoms with van der Waals surface area (Å²) in [6.45, 7) is 5.55. The Morgan fingerprint density at radius 3 is 2.75 bits per heavy atom. The second-order valence-corrected chi connectivity index (χ2v) is 11.1. The molecular weight excluding hydrogens is 450 g/mol. The maximum absolute atomic E-state index is 12.1. The molecule has 2 aromatic heterocycles. The molecule has 1 aromatic carbocycles. The zero-order valence-corrected chi connectivity index (χ0v) is 19.5. The summed E-state index contributed by atoms with van der Waals surface area (Å²) in [5, 5.41) is 8.96. The molecule has 0 aliphatic heterocycles. The van der Waals surface area contributed by atoms with Crippen molar-refractivity contribution in [2.45, 2.75) is 45.1 Å². The fraction of sp³-hybridized carbons (Fsp3) is 0.333. The van der Waals surface area contributed by atoms with Gasteiger partial charge in [-0.15, -0.1) is 11.3 Å². The van der Waals surface area contributed by atoms with Gasteiger partial charge in [0.2, 0.25) is 16.0 Å². The third-order valence-electron chi connectivity index (χ3n) is 4.81. The van der Waals surface area contributed by atoms with Crippen molar-refractivity contribution < 1.29 is 17.9 Å². The number of hydrogen-bond donors (Lipinski definition) is 2. The van der Waals surface area contributed by atoms with E-state index in [2.05, 4.69) is 20.3 Å². The van der Waals surface area contributed by atoms with Crippen LogP contribution in [0.3, 0.4) is 0 Å². The van der Waals surface area contributed by atoms with Crippen LogP contribution in [0.1, 0.15) is 37.0 Å². The molecule has 0 saturated heterocycles. The van der Waals surface area contributed by atoms with Crippen LogP contribution in [0.25, 0.3) is 10.6 Å². The first-order valence-electron chi connectivity index (χ1n) is 9.93. The Morgan fingerprint density at radius 2 is 2.03 bits per heavy atom. The number of hydrogen-bond acceptors (Lipinski definition) is 9. The van der Waals surface area contributed by atoms with Crippen LogP contribution in [0.5, 0.6) is 0 Å². The van der Waals surface area contributed by atoms with E-state index >= 15 is 0 Å². The second kappa shape index (κ2) is 8.23. The third-order valence-corrected chi connectivity index (χ3v) is 6.80. The topological polar surface area (TPSA) is 137 Å². The molecular formula is C21H23N5O4S2. The van der Waals surface area contributed by atoms with Crippen LogP contribution < -0.4 is 10.5 Å². The normalized spacial score (nSPS) is 13.2. The lowest BCUT2D eigenvalue weighted by molar-refractivity contribution is -0.154. The van der Waals surface area contributed by atoms with Crippen LogP contribution in [0.4, 0.5) is 11.6 Å². The fourth-order valence-corrected chi connectivity index (χ4v) is 4.75. The number of fused-ring (bicyclic) bond motifs is 3. The number of ether oxygens (including phenoxy) is 1. The Hall–Kier alpha value is -2.89. The first-order valence-corrected chi connectivity index (χ1v) is 12.3. The lowest BCUT2D eigenvalue weighted by atomic mass is 9.97. The van der Waals surface area contributed by atoms with E-state index in [-0.39, 0.29) is 17.5 Å². The lowest BCUT2D eigenvalue weighted by Crippen LogP contribution is -2.22. The number of nitrogens with one attached hydrogen (secondary N) is 1. The number of esters is 1. The number of nitrogens with zero attached hydrogens (tertiary/aromatic N) is 3. The van der Waals surface area contributed by atoms with Gasteiger partial charge >= 0.3 is 5.97 Å². The molecule has 0 spiro atoms. The molecule has 0 saturated carbocycles. The number of carbonyl (C=O) groups excluding carboxylic acids is 1. The van der Waals surface area contributed by atoms with Gasteiger partial charge in [-0.1, -0.05) is 6.07 Å². The maximum Gasteiger partial charge on any atom is 0.311 e. The highest BCUT2D eigenvalue weighted by molar-refractivity contribution is 7.89. The third kappa shape index (κ3) is 4.79. The van der Waals surface area contributed by atoms with Crippen LogP contribution in [0.15, 0.2) is 35.4 Å². The second-order valence-electron chi connectivity index (χ2n) is 8.47. The molecule has 11 heteroatoms. The van der Waals surface area contributed by atoms with E-state index < -0.39 is 15.4 Å². The lowest BCUT2D eigenvalue weighted by Gasteiger charge is -2.15. The molecule has 0 bridgehead atoms. The highest BCUT2D eigenvalue weighted by atomic mass is 32.2. The number of primary sulfonamides is 1. The summed E-state index contributed by atoms with van der Waals surface area (Å²) in [7, 11) is -3.81. The highest BCUT2D eigenvalue weighted by Crippen LogP contribution is 2.37. The van der Waals surface area contributed by atoms with Gasteiger partial charge in [-0.25, -0.2) is 28.5 Å². The molecule has 9 nitrogen and oxygen atoms in total. The van der Waals surface area contributed by atoms with Gasteiger partial charge in [0.05, 0.1) is 26.6 Å². The van der Waals surface area contributed by atoms with Crippen LogP contribution in [0.2, 0.25) is 0 Å². The molecule has 0 amide bonds. The van der Waals surface area contributed by atoms with E-state index in [4.69, 9.17) is 9.88 Å². The largest absolute Gasteiger partial charge is 0.458 e. The number of aryl methyl sites for hydroxylation is 2. The van der Waals surface area contributed by atoms with Crippen LogP contribution in [0, 0.1) is 5.41 Å². The van der Waals surface area contributed by atoms with Crippen LogP contribution in [-0.2, 0) is 39.0 Å². The molecule has 2 heterocycles. The summed E-state index contributed by atoms with van der Waals surface area (Å²) in [6, 6.07) is 6.15. The summed E-state index contributed by atoms with van der Waals surface area (Å²) in [5.41, 5.74) is 2.63. The SMILES string of the molecule is CC(C)(C)C(=O)OCc1nc2c(s1)-c1nc(Nc3cccc(S(N)(=O)=O)c3)ncc1CC2. The minimum absolute atomic E-state index is 0.000325. The van der Waals surface area contributed by atoms with Gasteiger partial charge in [0, 0.05) is 11.9 Å². The number of sulfonamides is 1. The summed E-state index contributed by atoms with van der Waals surface area (Å²) in [6.07, 6.45) is 3.28. The van der Waals surface area contributed by atoms with E-state index in [9.17, 15) is 13.2 Å². The quantitative estimate of drug-likeness (QED) is 0.539. The molecule has 0 fully saturated rings. The Morgan fingerprint density at radius 1 is 1.25 bits per heavy atom. The average Bonchev–Trinajstić information content (AvgIpc) is 3.14. The molecule has 0 unspecified atom stereocenters. The van der Waals surface area contributed by atoms with E-state index in [1.807, 2.05) is 20.8 Å². The van der Waals surface area contributed by atoms with Crippen molar-refractivity contribution in [3.63, 3.8) is 0 Å². The van der Waals surface area contributed by atoms with Gasteiger partial charge in [0.1, 0.15) is 11.6 Å². The Labute approximate surface area is 190 Å². The van der Waals surface area contributed by atoms with Gasteiger partial charge in [0.25, 0.3) is 0 Å². The Balaban J connectivity index is 1.58. The van der Waals surface area contributed by atoms with Crippen molar-refractivity contribution in [3.8, 4) is 10.6 Å². The average molecular weight is 474 g/mol. The van der Waals surface area contributed by atoms with Gasteiger partial charge in [0.15, 0.2) is 0 Å². The van der Waals surface area contributed by atoms with Gasteiger partial charge in [-0.2, -0.15) is 0 Å². The van der Waals surface area contributed by atoms with Crippen molar-refractivity contribution >= 4 is 39.0 Å². The molecule has 32 heavy (non-hydrogen) atoms. The molecule has 0 atom stereocenters. The number of nitrogens with two attached hydrogens (primary N) is 1. The van der Waals surface area contributed by atoms with Gasteiger partial charge < -0.3 is 10.1 Å². The number of benzene rings is 1. The molecule has 168 valence electrons. The Bertz CT molecular complexity index is 1300. The number of carbonyl (C=O) groups is 1. The fourth-order valence-electron chi connectivity index (χ4n) is 3.14.